The van der Waals surface area contributed by atoms with Crippen LogP contribution in [0.5, 0.6) is 0 Å². The van der Waals surface area contributed by atoms with Crippen molar-refractivity contribution in [3.8, 4) is 11.1 Å². The van der Waals surface area contributed by atoms with Crippen LogP contribution >= 0.6 is 15.9 Å². The minimum atomic E-state index is -4.01. The fourth-order valence-corrected chi connectivity index (χ4v) is 4.40. The van der Waals surface area contributed by atoms with Crippen LogP contribution in [0.25, 0.3) is 11.1 Å². The molecular formula is C23H29BrN2O6S. The Morgan fingerprint density at radius 1 is 1.00 bits per heavy atom. The van der Waals surface area contributed by atoms with Gasteiger partial charge in [-0.2, -0.15) is 4.72 Å². The molecular weight excluding hydrogens is 512 g/mol. The summed E-state index contributed by atoms with van der Waals surface area (Å²) in [6.07, 6.45) is 0.469. The number of nitrogens with one attached hydrogen (secondary N) is 2. The van der Waals surface area contributed by atoms with Gasteiger partial charge < -0.3 is 15.2 Å². The minimum absolute atomic E-state index is 0.0100. The third kappa shape index (κ3) is 9.15. The normalized spacial score (nSPS) is 12.4. The molecule has 0 bridgehead atoms. The highest BCUT2D eigenvalue weighted by Gasteiger charge is 2.25. The monoisotopic (exact) mass is 540 g/mol. The molecule has 1 atom stereocenters. The Balaban J connectivity index is 1.89. The molecule has 0 aliphatic carbocycles. The number of carboxylic acids is 1. The maximum absolute atomic E-state index is 12.7. The first kappa shape index (κ1) is 26.8. The number of alkyl carbamates (subject to hydrolysis) is 1. The van der Waals surface area contributed by atoms with Crippen LogP contribution in [0.2, 0.25) is 0 Å². The maximum atomic E-state index is 12.7. The van der Waals surface area contributed by atoms with Gasteiger partial charge in [-0.15, -0.1) is 0 Å². The molecule has 2 aromatic rings. The van der Waals surface area contributed by atoms with Gasteiger partial charge in [0.2, 0.25) is 10.0 Å². The van der Waals surface area contributed by atoms with Gasteiger partial charge in [-0.05, 0) is 60.6 Å². The van der Waals surface area contributed by atoms with Gasteiger partial charge >= 0.3 is 12.1 Å². The van der Waals surface area contributed by atoms with Crippen molar-refractivity contribution in [1.29, 1.82) is 0 Å². The lowest BCUT2D eigenvalue weighted by molar-refractivity contribution is -0.139. The van der Waals surface area contributed by atoms with Crippen LogP contribution in [0.4, 0.5) is 4.79 Å². The third-order valence-corrected chi connectivity index (χ3v) is 6.69. The van der Waals surface area contributed by atoms with Gasteiger partial charge in [-0.3, -0.25) is 4.79 Å². The van der Waals surface area contributed by atoms with Gasteiger partial charge in [0.05, 0.1) is 11.5 Å². The van der Waals surface area contributed by atoms with E-state index in [1.54, 1.807) is 12.1 Å². The van der Waals surface area contributed by atoms with E-state index in [0.717, 1.165) is 15.6 Å². The molecule has 1 amide bonds. The second kappa shape index (κ2) is 12.7. The first-order chi connectivity index (χ1) is 15.6. The summed E-state index contributed by atoms with van der Waals surface area (Å²) >= 11 is 3.37. The molecule has 2 aromatic carbocycles. The number of carboxylic acid groups (broad SMARTS) is 1. The number of hydrogen-bond acceptors (Lipinski definition) is 5. The first-order valence-electron chi connectivity index (χ1n) is 10.6. The molecule has 1 unspecified atom stereocenters. The van der Waals surface area contributed by atoms with Crippen LogP contribution in [0.15, 0.2) is 57.9 Å². The number of sulfonamides is 1. The number of rotatable bonds is 12. The molecule has 0 saturated carbocycles. The largest absolute Gasteiger partial charge is 0.480 e. The molecule has 180 valence electrons. The second-order valence-electron chi connectivity index (χ2n) is 7.96. The topological polar surface area (TPSA) is 122 Å². The number of benzene rings is 2. The van der Waals surface area contributed by atoms with E-state index in [0.29, 0.717) is 26.0 Å². The Labute approximate surface area is 202 Å². The van der Waals surface area contributed by atoms with E-state index in [2.05, 4.69) is 26.0 Å². The summed E-state index contributed by atoms with van der Waals surface area (Å²) in [5.41, 5.74) is 1.77. The predicted octanol–water partition coefficient (Wildman–Crippen LogP) is 4.40. The molecule has 3 N–H and O–H groups in total. The van der Waals surface area contributed by atoms with Crippen molar-refractivity contribution in [1.82, 2.24) is 10.0 Å². The first-order valence-corrected chi connectivity index (χ1v) is 12.9. The Bertz CT molecular complexity index is 1020. The van der Waals surface area contributed by atoms with Gasteiger partial charge in [-0.25, -0.2) is 13.2 Å². The number of halogens is 1. The van der Waals surface area contributed by atoms with E-state index >= 15 is 0 Å². The zero-order valence-electron chi connectivity index (χ0n) is 18.6. The van der Waals surface area contributed by atoms with Crippen molar-refractivity contribution in [2.45, 2.75) is 44.0 Å². The van der Waals surface area contributed by atoms with E-state index in [-0.39, 0.29) is 17.2 Å². The van der Waals surface area contributed by atoms with E-state index in [4.69, 9.17) is 4.74 Å². The number of amides is 1. The molecule has 0 fully saturated rings. The molecule has 0 aromatic heterocycles. The number of carbonyl (C=O) groups is 2. The SMILES string of the molecule is CC(C)COC(=O)NCCCCC(NS(=O)(=O)c1ccc(-c2ccc(Br)cc2)cc1)C(=O)O. The number of hydrogen-bond donors (Lipinski definition) is 3. The van der Waals surface area contributed by atoms with Crippen molar-refractivity contribution in [2.75, 3.05) is 13.2 Å². The Kier molecular flexibility index (Phi) is 10.3. The van der Waals surface area contributed by atoms with Crippen LogP contribution in [0.3, 0.4) is 0 Å². The lowest BCUT2D eigenvalue weighted by atomic mass is 10.1. The summed E-state index contributed by atoms with van der Waals surface area (Å²) in [4.78, 5) is 23.1. The third-order valence-electron chi connectivity index (χ3n) is 4.67. The average molecular weight is 541 g/mol. The number of aliphatic carboxylic acids is 1. The van der Waals surface area contributed by atoms with Crippen LogP contribution in [-0.4, -0.2) is 44.8 Å². The summed E-state index contributed by atoms with van der Waals surface area (Å²) < 4.78 is 33.6. The Hall–Kier alpha value is -2.43. The summed E-state index contributed by atoms with van der Waals surface area (Å²) in [6, 6.07) is 12.6. The van der Waals surface area contributed by atoms with E-state index in [1.807, 2.05) is 38.1 Å². The summed E-state index contributed by atoms with van der Waals surface area (Å²) in [5.74, 6) is -1.02. The van der Waals surface area contributed by atoms with Crippen molar-refractivity contribution in [3.05, 3.63) is 53.0 Å². The van der Waals surface area contributed by atoms with Crippen LogP contribution < -0.4 is 10.0 Å². The van der Waals surface area contributed by atoms with E-state index < -0.39 is 28.1 Å². The zero-order chi connectivity index (χ0) is 24.4. The highest BCUT2D eigenvalue weighted by Crippen LogP contribution is 2.23. The van der Waals surface area contributed by atoms with Crippen molar-refractivity contribution >= 4 is 38.0 Å². The lowest BCUT2D eigenvalue weighted by Crippen LogP contribution is -2.40. The molecule has 10 heteroatoms. The molecule has 0 saturated heterocycles. The second-order valence-corrected chi connectivity index (χ2v) is 10.6. The van der Waals surface area contributed by atoms with Gasteiger partial charge in [0.15, 0.2) is 0 Å². The highest BCUT2D eigenvalue weighted by atomic mass is 79.9. The fraction of sp³-hybridized carbons (Fsp3) is 0.391. The van der Waals surface area contributed by atoms with Crippen LogP contribution in [0.1, 0.15) is 33.1 Å². The van der Waals surface area contributed by atoms with E-state index in [9.17, 15) is 23.1 Å². The number of carbonyl (C=O) groups excluding carboxylic acids is 1. The highest BCUT2D eigenvalue weighted by molar-refractivity contribution is 9.10. The Morgan fingerprint density at radius 2 is 1.58 bits per heavy atom. The molecule has 0 spiro atoms. The van der Waals surface area contributed by atoms with Crippen LogP contribution in [0, 0.1) is 5.92 Å². The molecule has 33 heavy (non-hydrogen) atoms. The zero-order valence-corrected chi connectivity index (χ0v) is 21.0. The molecule has 0 radical (unpaired) electrons. The van der Waals surface area contributed by atoms with Crippen molar-refractivity contribution in [2.24, 2.45) is 5.92 Å². The average Bonchev–Trinajstić information content (AvgIpc) is 2.77. The quantitative estimate of drug-likeness (QED) is 0.343. The summed E-state index contributed by atoms with van der Waals surface area (Å²) in [5, 5.41) is 12.0. The minimum Gasteiger partial charge on any atom is -0.480 e. The molecule has 8 nitrogen and oxygen atoms in total. The molecule has 0 aliphatic rings. The van der Waals surface area contributed by atoms with Gasteiger partial charge in [0.1, 0.15) is 6.04 Å². The van der Waals surface area contributed by atoms with Crippen LogP contribution in [-0.2, 0) is 19.6 Å². The molecule has 0 heterocycles. The van der Waals surface area contributed by atoms with Gasteiger partial charge in [0, 0.05) is 11.0 Å². The van der Waals surface area contributed by atoms with Crippen molar-refractivity contribution in [3.63, 3.8) is 0 Å². The van der Waals surface area contributed by atoms with Gasteiger partial charge in [-0.1, -0.05) is 54.0 Å². The predicted molar refractivity (Wildman–Crippen MR) is 129 cm³/mol. The summed E-state index contributed by atoms with van der Waals surface area (Å²) in [6.45, 7) is 4.49. The number of ether oxygens (including phenoxy) is 1. The summed E-state index contributed by atoms with van der Waals surface area (Å²) in [7, 11) is -4.01. The Morgan fingerprint density at radius 3 is 2.12 bits per heavy atom. The standard InChI is InChI=1S/C23H29BrN2O6S/c1-16(2)15-32-23(29)25-14-4-3-5-21(22(27)28)26-33(30,31)20-12-8-18(9-13-20)17-6-10-19(24)11-7-17/h6-13,16,21,26H,3-5,14-15H2,1-2H3,(H,25,29)(H,27,28). The van der Waals surface area contributed by atoms with Crippen molar-refractivity contribution < 1.29 is 27.9 Å². The molecule has 0 aliphatic heterocycles. The van der Waals surface area contributed by atoms with E-state index in [1.165, 1.54) is 12.1 Å². The maximum Gasteiger partial charge on any atom is 0.407 e. The lowest BCUT2D eigenvalue weighted by Gasteiger charge is -2.15. The number of unbranched alkanes of at least 4 members (excludes halogenated alkanes) is 1. The fourth-order valence-electron chi connectivity index (χ4n) is 2.91. The molecule has 2 rings (SSSR count). The van der Waals surface area contributed by atoms with Gasteiger partial charge in [0.25, 0.3) is 0 Å². The smallest absolute Gasteiger partial charge is 0.407 e.